The number of aromatic nitrogens is 2. The van der Waals surface area contributed by atoms with Crippen LogP contribution in [0.5, 0.6) is 0 Å². The van der Waals surface area contributed by atoms with Crippen LogP contribution in [-0.4, -0.2) is 42.3 Å². The monoisotopic (exact) mass is 236 g/mol. The Morgan fingerprint density at radius 2 is 2.29 bits per heavy atom. The molecule has 0 aromatic carbocycles. The van der Waals surface area contributed by atoms with Gasteiger partial charge in [-0.3, -0.25) is 0 Å². The fourth-order valence-electron chi connectivity index (χ4n) is 1.88. The zero-order chi connectivity index (χ0) is 11.9. The first-order valence-electron chi connectivity index (χ1n) is 6.20. The Morgan fingerprint density at radius 1 is 1.47 bits per heavy atom. The predicted molar refractivity (Wildman–Crippen MR) is 67.1 cm³/mol. The normalized spacial score (nSPS) is 17.0. The molecule has 0 atom stereocenters. The molecule has 1 aliphatic rings. The highest BCUT2D eigenvalue weighted by molar-refractivity contribution is 5.24. The third kappa shape index (κ3) is 4.28. The van der Waals surface area contributed by atoms with Crippen LogP contribution in [0.25, 0.3) is 0 Å². The second kappa shape index (κ2) is 6.51. The fraction of sp³-hybridized carbons (Fsp3) is 0.667. The number of hydrogen-bond acceptors (Lipinski definition) is 5. The van der Waals surface area contributed by atoms with Crippen molar-refractivity contribution in [3.8, 4) is 0 Å². The molecule has 0 aliphatic carbocycles. The topological polar surface area (TPSA) is 59.1 Å². The highest BCUT2D eigenvalue weighted by Gasteiger charge is 2.12. The summed E-state index contributed by atoms with van der Waals surface area (Å²) in [7, 11) is 0. The Hall–Kier alpha value is -1.20. The van der Waals surface area contributed by atoms with E-state index in [9.17, 15) is 0 Å². The molecular formula is C12H20N4O. The van der Waals surface area contributed by atoms with E-state index in [1.54, 1.807) is 6.20 Å². The molecular weight excluding hydrogens is 216 g/mol. The lowest BCUT2D eigenvalue weighted by molar-refractivity contribution is 0.0393. The summed E-state index contributed by atoms with van der Waals surface area (Å²) in [6.07, 6.45) is 4.40. The predicted octanol–water partition coefficient (Wildman–Crippen LogP) is 0.966. The van der Waals surface area contributed by atoms with E-state index in [0.717, 1.165) is 38.2 Å². The number of ether oxygens (including phenoxy) is 1. The highest BCUT2D eigenvalue weighted by atomic mass is 16.5. The Kier molecular flexibility index (Phi) is 4.70. The number of anilines is 1. The minimum atomic E-state index is 0.413. The van der Waals surface area contributed by atoms with Crippen molar-refractivity contribution in [2.45, 2.75) is 25.9 Å². The van der Waals surface area contributed by atoms with Crippen LogP contribution in [-0.2, 0) is 4.74 Å². The lowest BCUT2D eigenvalue weighted by atomic mass is 10.1. The molecule has 0 bridgehead atoms. The largest absolute Gasteiger partial charge is 0.376 e. The third-order valence-corrected chi connectivity index (χ3v) is 2.82. The van der Waals surface area contributed by atoms with Crippen LogP contribution in [0.1, 0.15) is 18.5 Å². The minimum Gasteiger partial charge on any atom is -0.376 e. The molecule has 1 fully saturated rings. The van der Waals surface area contributed by atoms with Gasteiger partial charge in [0.25, 0.3) is 0 Å². The first-order chi connectivity index (χ1) is 8.34. The number of piperidine rings is 1. The van der Waals surface area contributed by atoms with E-state index in [2.05, 4.69) is 20.6 Å². The maximum absolute atomic E-state index is 5.78. The number of aryl methyl sites for hydroxylation is 1. The second-order valence-corrected chi connectivity index (χ2v) is 4.27. The SMILES string of the molecule is Cc1ccnc(NCCOC2CCNCC2)n1. The molecule has 94 valence electrons. The molecule has 0 spiro atoms. The summed E-state index contributed by atoms with van der Waals surface area (Å²) in [4.78, 5) is 8.41. The lowest BCUT2D eigenvalue weighted by Crippen LogP contribution is -2.33. The van der Waals surface area contributed by atoms with E-state index in [0.29, 0.717) is 18.7 Å². The van der Waals surface area contributed by atoms with E-state index in [-0.39, 0.29) is 0 Å². The Bertz CT molecular complexity index is 339. The average molecular weight is 236 g/mol. The van der Waals surface area contributed by atoms with Crippen LogP contribution in [0.3, 0.4) is 0 Å². The molecule has 0 unspecified atom stereocenters. The van der Waals surface area contributed by atoms with Crippen molar-refractivity contribution in [1.82, 2.24) is 15.3 Å². The van der Waals surface area contributed by atoms with E-state index < -0.39 is 0 Å². The molecule has 1 aromatic heterocycles. The molecule has 2 N–H and O–H groups in total. The van der Waals surface area contributed by atoms with E-state index in [4.69, 9.17) is 4.74 Å². The van der Waals surface area contributed by atoms with Gasteiger partial charge in [-0.05, 0) is 38.9 Å². The summed E-state index contributed by atoms with van der Waals surface area (Å²) in [5.41, 5.74) is 0.974. The zero-order valence-electron chi connectivity index (χ0n) is 10.3. The van der Waals surface area contributed by atoms with E-state index in [1.807, 2.05) is 13.0 Å². The van der Waals surface area contributed by atoms with Crippen molar-refractivity contribution in [1.29, 1.82) is 0 Å². The van der Waals surface area contributed by atoms with Gasteiger partial charge in [0, 0.05) is 18.4 Å². The number of rotatable bonds is 5. The molecule has 2 rings (SSSR count). The van der Waals surface area contributed by atoms with Crippen LogP contribution in [0, 0.1) is 6.92 Å². The molecule has 17 heavy (non-hydrogen) atoms. The Morgan fingerprint density at radius 3 is 3.06 bits per heavy atom. The van der Waals surface area contributed by atoms with Gasteiger partial charge in [0.1, 0.15) is 0 Å². The molecule has 5 heteroatoms. The molecule has 0 saturated carbocycles. The van der Waals surface area contributed by atoms with Crippen molar-refractivity contribution in [3.63, 3.8) is 0 Å². The summed E-state index contributed by atoms with van der Waals surface area (Å²) >= 11 is 0. The van der Waals surface area contributed by atoms with Gasteiger partial charge in [0.05, 0.1) is 12.7 Å². The Balaban J connectivity index is 1.62. The summed E-state index contributed by atoms with van der Waals surface area (Å²) < 4.78 is 5.78. The average Bonchev–Trinajstić information content (AvgIpc) is 2.36. The van der Waals surface area contributed by atoms with Gasteiger partial charge in [-0.1, -0.05) is 0 Å². The first-order valence-corrected chi connectivity index (χ1v) is 6.20. The van der Waals surface area contributed by atoms with Gasteiger partial charge in [0.15, 0.2) is 0 Å². The van der Waals surface area contributed by atoms with Crippen molar-refractivity contribution < 1.29 is 4.74 Å². The molecule has 1 aromatic rings. The number of nitrogens with one attached hydrogen (secondary N) is 2. The molecule has 1 saturated heterocycles. The summed E-state index contributed by atoms with van der Waals surface area (Å²) in [6, 6.07) is 1.89. The van der Waals surface area contributed by atoms with Gasteiger partial charge in [-0.2, -0.15) is 0 Å². The van der Waals surface area contributed by atoms with Crippen molar-refractivity contribution in [2.24, 2.45) is 0 Å². The summed E-state index contributed by atoms with van der Waals surface area (Å²) in [5.74, 6) is 0.680. The van der Waals surface area contributed by atoms with Crippen LogP contribution in [0.2, 0.25) is 0 Å². The molecule has 0 amide bonds. The minimum absolute atomic E-state index is 0.413. The zero-order valence-corrected chi connectivity index (χ0v) is 10.3. The van der Waals surface area contributed by atoms with Crippen molar-refractivity contribution >= 4 is 5.95 Å². The van der Waals surface area contributed by atoms with Crippen LogP contribution in [0.4, 0.5) is 5.95 Å². The number of nitrogens with zero attached hydrogens (tertiary/aromatic N) is 2. The van der Waals surface area contributed by atoms with Crippen molar-refractivity contribution in [2.75, 3.05) is 31.6 Å². The maximum Gasteiger partial charge on any atom is 0.222 e. The highest BCUT2D eigenvalue weighted by Crippen LogP contribution is 2.06. The van der Waals surface area contributed by atoms with Gasteiger partial charge in [-0.15, -0.1) is 0 Å². The molecule has 0 radical (unpaired) electrons. The molecule has 2 heterocycles. The van der Waals surface area contributed by atoms with Crippen LogP contribution >= 0.6 is 0 Å². The van der Waals surface area contributed by atoms with Crippen LogP contribution < -0.4 is 10.6 Å². The smallest absolute Gasteiger partial charge is 0.222 e. The first kappa shape index (κ1) is 12.3. The molecule has 5 nitrogen and oxygen atoms in total. The van der Waals surface area contributed by atoms with Crippen LogP contribution in [0.15, 0.2) is 12.3 Å². The fourth-order valence-corrected chi connectivity index (χ4v) is 1.88. The van der Waals surface area contributed by atoms with E-state index >= 15 is 0 Å². The quantitative estimate of drug-likeness (QED) is 0.746. The summed E-state index contributed by atoms with van der Waals surface area (Å²) in [6.45, 7) is 5.56. The van der Waals surface area contributed by atoms with Crippen molar-refractivity contribution in [3.05, 3.63) is 18.0 Å². The van der Waals surface area contributed by atoms with Gasteiger partial charge in [0.2, 0.25) is 5.95 Å². The van der Waals surface area contributed by atoms with Gasteiger partial charge < -0.3 is 15.4 Å². The molecule has 1 aliphatic heterocycles. The Labute approximate surface area is 102 Å². The maximum atomic E-state index is 5.78. The third-order valence-electron chi connectivity index (χ3n) is 2.82. The lowest BCUT2D eigenvalue weighted by Gasteiger charge is -2.22. The second-order valence-electron chi connectivity index (χ2n) is 4.27. The van der Waals surface area contributed by atoms with Gasteiger partial charge in [-0.25, -0.2) is 9.97 Å². The summed E-state index contributed by atoms with van der Waals surface area (Å²) in [5, 5.41) is 6.48. The van der Waals surface area contributed by atoms with Gasteiger partial charge >= 0.3 is 0 Å². The van der Waals surface area contributed by atoms with E-state index in [1.165, 1.54) is 0 Å². The standard InChI is InChI=1S/C12H20N4O/c1-10-2-7-14-12(16-10)15-8-9-17-11-3-5-13-6-4-11/h2,7,11,13H,3-6,8-9H2,1H3,(H,14,15,16). The number of hydrogen-bond donors (Lipinski definition) is 2.